The van der Waals surface area contributed by atoms with E-state index in [0.29, 0.717) is 6.10 Å². The van der Waals surface area contributed by atoms with Crippen LogP contribution in [0.25, 0.3) is 11.4 Å². The first-order valence-electron chi connectivity index (χ1n) is 12.4. The lowest BCUT2D eigenvalue weighted by molar-refractivity contribution is 0.0681. The van der Waals surface area contributed by atoms with Crippen LogP contribution in [0.4, 0.5) is 0 Å². The molecular formula is C27H42N2O2. The summed E-state index contributed by atoms with van der Waals surface area (Å²) >= 11 is 0. The summed E-state index contributed by atoms with van der Waals surface area (Å²) in [5.74, 6) is 1.69. The summed E-state index contributed by atoms with van der Waals surface area (Å²) in [6, 6.07) is 8.11. The molecule has 1 unspecified atom stereocenters. The van der Waals surface area contributed by atoms with Crippen LogP contribution in [0.2, 0.25) is 0 Å². The van der Waals surface area contributed by atoms with E-state index in [4.69, 9.17) is 9.47 Å². The molecule has 2 rings (SSSR count). The lowest BCUT2D eigenvalue weighted by atomic mass is 10.1. The van der Waals surface area contributed by atoms with Crippen molar-refractivity contribution in [2.24, 2.45) is 0 Å². The Balaban J connectivity index is 1.65. The first-order chi connectivity index (χ1) is 15.2. The topological polar surface area (TPSA) is 44.2 Å². The number of unbranched alkanes of at least 4 members (excludes halogenated alkanes) is 7. The SMILES string of the molecule is CCCCCCCCc1cnc(-c2ccc(OCCCCCC(C)OCC)cc2)nc1. The Morgan fingerprint density at radius 3 is 2.19 bits per heavy atom. The highest BCUT2D eigenvalue weighted by molar-refractivity contribution is 5.55. The zero-order chi connectivity index (χ0) is 22.2. The largest absolute Gasteiger partial charge is 0.494 e. The van der Waals surface area contributed by atoms with Crippen LogP contribution in [0.15, 0.2) is 36.7 Å². The van der Waals surface area contributed by atoms with E-state index in [1.165, 1.54) is 56.9 Å². The summed E-state index contributed by atoms with van der Waals surface area (Å²) in [5, 5.41) is 0. The molecule has 172 valence electrons. The third kappa shape index (κ3) is 10.8. The molecular weight excluding hydrogens is 384 g/mol. The molecule has 0 amide bonds. The number of nitrogens with zero attached hydrogens (tertiary/aromatic N) is 2. The Morgan fingerprint density at radius 1 is 0.806 bits per heavy atom. The van der Waals surface area contributed by atoms with Crippen molar-refractivity contribution in [2.75, 3.05) is 13.2 Å². The molecule has 0 fully saturated rings. The minimum atomic E-state index is 0.366. The molecule has 0 radical (unpaired) electrons. The third-order valence-corrected chi connectivity index (χ3v) is 5.61. The second-order valence-electron chi connectivity index (χ2n) is 8.42. The summed E-state index contributed by atoms with van der Waals surface area (Å²) in [5.41, 5.74) is 2.26. The standard InChI is InChI=1S/C27H42N2O2/c1-4-6-7-8-9-12-15-24-21-28-27(29-22-24)25-16-18-26(19-17-25)31-20-13-10-11-14-23(3)30-5-2/h16-19,21-23H,4-15,20H2,1-3H3. The fraction of sp³-hybridized carbons (Fsp3) is 0.630. The molecule has 0 aliphatic rings. The Bertz CT molecular complexity index is 685. The van der Waals surface area contributed by atoms with Gasteiger partial charge in [-0.1, -0.05) is 45.4 Å². The van der Waals surface area contributed by atoms with E-state index in [-0.39, 0.29) is 0 Å². The van der Waals surface area contributed by atoms with Gasteiger partial charge in [-0.3, -0.25) is 0 Å². The fourth-order valence-corrected chi connectivity index (χ4v) is 3.71. The lowest BCUT2D eigenvalue weighted by Gasteiger charge is -2.11. The maximum atomic E-state index is 5.88. The normalized spacial score (nSPS) is 12.1. The zero-order valence-corrected chi connectivity index (χ0v) is 19.9. The molecule has 0 spiro atoms. The van der Waals surface area contributed by atoms with Crippen molar-refractivity contribution in [3.63, 3.8) is 0 Å². The van der Waals surface area contributed by atoms with Gasteiger partial charge in [0.2, 0.25) is 0 Å². The van der Waals surface area contributed by atoms with Crippen molar-refractivity contribution in [3.05, 3.63) is 42.2 Å². The Hall–Kier alpha value is -1.94. The molecule has 1 atom stereocenters. The van der Waals surface area contributed by atoms with E-state index in [9.17, 15) is 0 Å². The summed E-state index contributed by atoms with van der Waals surface area (Å²) in [6.07, 6.45) is 17.8. The van der Waals surface area contributed by atoms with Gasteiger partial charge in [-0.25, -0.2) is 9.97 Å². The molecule has 0 saturated carbocycles. The van der Waals surface area contributed by atoms with Gasteiger partial charge in [-0.15, -0.1) is 0 Å². The number of ether oxygens (including phenoxy) is 2. The van der Waals surface area contributed by atoms with Crippen molar-refractivity contribution in [1.82, 2.24) is 9.97 Å². The number of hydrogen-bond donors (Lipinski definition) is 0. The highest BCUT2D eigenvalue weighted by Crippen LogP contribution is 2.20. The maximum absolute atomic E-state index is 5.88. The Kier molecular flexibility index (Phi) is 12.9. The van der Waals surface area contributed by atoms with E-state index in [2.05, 4.69) is 23.8 Å². The van der Waals surface area contributed by atoms with Gasteiger partial charge in [0, 0.05) is 24.6 Å². The van der Waals surface area contributed by atoms with E-state index >= 15 is 0 Å². The number of benzene rings is 1. The maximum Gasteiger partial charge on any atom is 0.159 e. The molecule has 1 aromatic carbocycles. The van der Waals surface area contributed by atoms with Gasteiger partial charge in [0.05, 0.1) is 12.7 Å². The molecule has 1 heterocycles. The summed E-state index contributed by atoms with van der Waals surface area (Å²) < 4.78 is 11.4. The average Bonchev–Trinajstić information content (AvgIpc) is 2.79. The summed E-state index contributed by atoms with van der Waals surface area (Å²) in [6.45, 7) is 8.01. The second-order valence-corrected chi connectivity index (χ2v) is 8.42. The Labute approximate surface area is 189 Å². The molecule has 4 nitrogen and oxygen atoms in total. The molecule has 31 heavy (non-hydrogen) atoms. The van der Waals surface area contributed by atoms with Gasteiger partial charge < -0.3 is 9.47 Å². The average molecular weight is 427 g/mol. The van der Waals surface area contributed by atoms with Gasteiger partial charge in [0.25, 0.3) is 0 Å². The number of rotatable bonds is 17. The first kappa shape index (κ1) is 25.3. The summed E-state index contributed by atoms with van der Waals surface area (Å²) in [7, 11) is 0. The van der Waals surface area contributed by atoms with E-state index in [1.807, 2.05) is 43.6 Å². The third-order valence-electron chi connectivity index (χ3n) is 5.61. The number of hydrogen-bond acceptors (Lipinski definition) is 4. The minimum absolute atomic E-state index is 0.366. The smallest absolute Gasteiger partial charge is 0.159 e. The predicted molar refractivity (Wildman–Crippen MR) is 130 cm³/mol. The van der Waals surface area contributed by atoms with Crippen molar-refractivity contribution in [2.45, 2.75) is 97.5 Å². The van der Waals surface area contributed by atoms with Crippen LogP contribution in [0.5, 0.6) is 5.75 Å². The molecule has 2 aromatic rings. The van der Waals surface area contributed by atoms with Crippen LogP contribution in [0.1, 0.15) is 90.5 Å². The fourth-order valence-electron chi connectivity index (χ4n) is 3.71. The highest BCUT2D eigenvalue weighted by Gasteiger charge is 2.04. The molecule has 0 aliphatic carbocycles. The van der Waals surface area contributed by atoms with Crippen molar-refractivity contribution in [3.8, 4) is 17.1 Å². The van der Waals surface area contributed by atoms with E-state index in [1.54, 1.807) is 0 Å². The predicted octanol–water partition coefficient (Wildman–Crippen LogP) is 7.41. The molecule has 0 N–H and O–H groups in total. The van der Waals surface area contributed by atoms with Crippen LogP contribution in [-0.4, -0.2) is 29.3 Å². The van der Waals surface area contributed by atoms with Crippen LogP contribution in [0, 0.1) is 0 Å². The van der Waals surface area contributed by atoms with Gasteiger partial charge in [-0.05, 0) is 75.8 Å². The van der Waals surface area contributed by atoms with E-state index in [0.717, 1.165) is 49.6 Å². The van der Waals surface area contributed by atoms with Crippen molar-refractivity contribution in [1.29, 1.82) is 0 Å². The van der Waals surface area contributed by atoms with Gasteiger partial charge in [0.15, 0.2) is 5.82 Å². The minimum Gasteiger partial charge on any atom is -0.494 e. The van der Waals surface area contributed by atoms with Crippen LogP contribution in [0.3, 0.4) is 0 Å². The van der Waals surface area contributed by atoms with Crippen molar-refractivity contribution >= 4 is 0 Å². The van der Waals surface area contributed by atoms with Gasteiger partial charge >= 0.3 is 0 Å². The molecule has 4 heteroatoms. The molecule has 1 aromatic heterocycles. The van der Waals surface area contributed by atoms with Gasteiger partial charge in [0.1, 0.15) is 5.75 Å². The zero-order valence-electron chi connectivity index (χ0n) is 19.9. The quantitative estimate of drug-likeness (QED) is 0.247. The van der Waals surface area contributed by atoms with Gasteiger partial charge in [-0.2, -0.15) is 0 Å². The number of aromatic nitrogens is 2. The van der Waals surface area contributed by atoms with Crippen LogP contribution < -0.4 is 4.74 Å². The van der Waals surface area contributed by atoms with Crippen LogP contribution >= 0.6 is 0 Å². The number of aryl methyl sites for hydroxylation is 1. The molecule has 0 aliphatic heterocycles. The highest BCUT2D eigenvalue weighted by atomic mass is 16.5. The second kappa shape index (κ2) is 15.8. The first-order valence-corrected chi connectivity index (χ1v) is 12.4. The van der Waals surface area contributed by atoms with Crippen LogP contribution in [-0.2, 0) is 11.2 Å². The summed E-state index contributed by atoms with van der Waals surface area (Å²) in [4.78, 5) is 9.14. The molecule has 0 bridgehead atoms. The van der Waals surface area contributed by atoms with E-state index < -0.39 is 0 Å². The lowest BCUT2D eigenvalue weighted by Crippen LogP contribution is -2.07. The Morgan fingerprint density at radius 2 is 1.48 bits per heavy atom. The van der Waals surface area contributed by atoms with Crippen molar-refractivity contribution < 1.29 is 9.47 Å². The molecule has 0 saturated heterocycles. The monoisotopic (exact) mass is 426 g/mol.